The van der Waals surface area contributed by atoms with Crippen LogP contribution in [0.25, 0.3) is 0 Å². The van der Waals surface area contributed by atoms with Crippen LogP contribution in [-0.4, -0.2) is 11.4 Å². The van der Waals surface area contributed by atoms with E-state index < -0.39 is 0 Å². The predicted octanol–water partition coefficient (Wildman–Crippen LogP) is 4.79. The van der Waals surface area contributed by atoms with Gasteiger partial charge in [0.05, 0.1) is 0 Å². The van der Waals surface area contributed by atoms with E-state index in [2.05, 4.69) is 134 Å². The molecule has 4 aromatic rings. The summed E-state index contributed by atoms with van der Waals surface area (Å²) in [4.78, 5) is 13.7. The van der Waals surface area contributed by atoms with Crippen molar-refractivity contribution in [2.75, 3.05) is 0 Å². The summed E-state index contributed by atoms with van der Waals surface area (Å²) in [5, 5.41) is 10.2. The van der Waals surface area contributed by atoms with Gasteiger partial charge in [-0.1, -0.05) is 149 Å². The molecule has 2 N–H and O–H groups in total. The Morgan fingerprint density at radius 2 is 1.34 bits per heavy atom. The van der Waals surface area contributed by atoms with Crippen LogP contribution in [0.15, 0.2) is 106 Å². The molecule has 0 spiro atoms. The number of carbonyl (C=O) groups is 1. The van der Waals surface area contributed by atoms with E-state index in [1.54, 1.807) is 0 Å². The first-order valence-corrected chi connectivity index (χ1v) is 16.2. The fraction of sp³-hybridized carbons (Fsp3) is 0.194. The molecule has 0 saturated heterocycles. The predicted molar refractivity (Wildman–Crippen MR) is 174 cm³/mol. The van der Waals surface area contributed by atoms with Gasteiger partial charge in [0, 0.05) is 45.8 Å². The summed E-state index contributed by atoms with van der Waals surface area (Å²) in [5.41, 5.74) is 13.5. The molecule has 0 fully saturated rings. The number of hydrogen-bond donors (Lipinski definition) is 1. The number of fused-ring (bicyclic) bond motifs is 1. The van der Waals surface area contributed by atoms with Gasteiger partial charge in [0.25, 0.3) is 6.47 Å². The van der Waals surface area contributed by atoms with Crippen molar-refractivity contribution < 1.29 is 66.3 Å². The van der Waals surface area contributed by atoms with E-state index in [-0.39, 0.29) is 57.9 Å². The first kappa shape index (κ1) is 38.8. The molecule has 5 rings (SSSR count). The third kappa shape index (κ3) is 14.4. The van der Waals surface area contributed by atoms with Crippen molar-refractivity contribution in [3.63, 3.8) is 0 Å². The van der Waals surface area contributed by atoms with Crippen molar-refractivity contribution >= 4 is 70.2 Å². The fourth-order valence-corrected chi connectivity index (χ4v) is 6.54. The molecule has 1 heterocycles. The summed E-state index contributed by atoms with van der Waals surface area (Å²) in [6.07, 6.45) is 0. The molecule has 0 aliphatic carbocycles. The third-order valence-electron chi connectivity index (χ3n) is 5.85. The van der Waals surface area contributed by atoms with Crippen molar-refractivity contribution in [1.29, 1.82) is 0 Å². The molecule has 41 heavy (non-hydrogen) atoms. The molecular weight excluding hydrogens is 807 g/mol. The Morgan fingerprint density at radius 3 is 1.80 bits per heavy atom. The van der Waals surface area contributed by atoms with Gasteiger partial charge in [0.2, 0.25) is 0 Å². The Morgan fingerprint density at radius 1 is 0.780 bits per heavy atom. The largest absolute Gasteiger partial charge is 1.00 e. The second-order valence-electron chi connectivity index (χ2n) is 8.54. The quantitative estimate of drug-likeness (QED) is 0.0996. The van der Waals surface area contributed by atoms with E-state index in [1.165, 1.54) is 42.3 Å². The zero-order valence-electron chi connectivity index (χ0n) is 22.8. The smallest absolute Gasteiger partial charge is 0.662 e. The van der Waals surface area contributed by atoms with Gasteiger partial charge in [0.15, 0.2) is 0 Å². The minimum absolute atomic E-state index is 0. The molecule has 10 heteroatoms. The zero-order chi connectivity index (χ0) is 29.2. The van der Waals surface area contributed by atoms with E-state index in [1.807, 2.05) is 36.4 Å². The Bertz CT molecular complexity index is 1290. The van der Waals surface area contributed by atoms with Crippen LogP contribution in [-0.2, 0) is 46.5 Å². The summed E-state index contributed by atoms with van der Waals surface area (Å²) in [7, 11) is 0. The van der Waals surface area contributed by atoms with E-state index in [0.29, 0.717) is 6.54 Å². The van der Waals surface area contributed by atoms with Gasteiger partial charge in [0.1, 0.15) is 0 Å². The minimum atomic E-state index is -0.181. The van der Waals surface area contributed by atoms with E-state index in [4.69, 9.17) is 15.8 Å². The number of nitrogens with two attached hydrogens (primary N) is 1. The van der Waals surface area contributed by atoms with Crippen molar-refractivity contribution in [1.82, 2.24) is 4.90 Å². The molecular formula is C31H31Br4KN2O3. The van der Waals surface area contributed by atoms with Crippen LogP contribution >= 0.6 is 63.7 Å². The Kier molecular flexibility index (Phi) is 22.0. The van der Waals surface area contributed by atoms with Gasteiger partial charge in [-0.2, -0.15) is 0 Å². The molecule has 0 bridgehead atoms. The molecule has 0 saturated carbocycles. The average Bonchev–Trinajstić information content (AvgIpc) is 3.42. The third-order valence-corrected chi connectivity index (χ3v) is 8.50. The van der Waals surface area contributed by atoms with Crippen molar-refractivity contribution in [3.05, 3.63) is 139 Å². The molecule has 0 amide bonds. The van der Waals surface area contributed by atoms with E-state index >= 15 is 0 Å². The summed E-state index contributed by atoms with van der Waals surface area (Å²) in [5.74, 6) is 0. The summed E-state index contributed by atoms with van der Waals surface area (Å²) < 4.78 is 2.41. The maximum atomic E-state index is 8.64. The number of nitrogens with zero attached hydrogens (tertiary/aromatic N) is 1. The number of hydrogen-bond acceptors (Lipinski definition) is 5. The minimum Gasteiger partial charge on any atom is -0.662 e. The second-order valence-corrected chi connectivity index (χ2v) is 11.4. The first-order chi connectivity index (χ1) is 19.5. The van der Waals surface area contributed by atoms with Crippen LogP contribution < -0.4 is 62.4 Å². The molecule has 212 valence electrons. The molecule has 1 aliphatic heterocycles. The summed E-state index contributed by atoms with van der Waals surface area (Å²) >= 11 is 14.0. The molecule has 1 aliphatic rings. The SMILES string of the molecule is BrCc1cccc(Br)c1CBr.Brc1cccc2c1CN(Cc1ccccc1)C2.NCc1ccccc1.O=CO[O-].[K+]. The molecule has 0 unspecified atom stereocenters. The topological polar surface area (TPSA) is 78.6 Å². The van der Waals surface area contributed by atoms with Crippen LogP contribution in [0, 0.1) is 0 Å². The van der Waals surface area contributed by atoms with Gasteiger partial charge in [-0.15, -0.1) is 0 Å². The number of carbonyl (C=O) groups excluding carboxylic acids is 1. The monoisotopic (exact) mass is 834 g/mol. The van der Waals surface area contributed by atoms with Gasteiger partial charge in [-0.3, -0.25) is 9.69 Å². The molecule has 4 aromatic carbocycles. The van der Waals surface area contributed by atoms with Crippen molar-refractivity contribution in [2.24, 2.45) is 5.73 Å². The maximum absolute atomic E-state index is 8.64. The summed E-state index contributed by atoms with van der Waals surface area (Å²) in [6, 6.07) is 33.4. The Hall–Kier alpha value is -0.214. The van der Waals surface area contributed by atoms with E-state index in [9.17, 15) is 0 Å². The Balaban J connectivity index is 0.000000304. The number of alkyl halides is 2. The number of halogens is 4. The van der Waals surface area contributed by atoms with Gasteiger partial charge in [-0.25, -0.2) is 0 Å². The molecule has 0 radical (unpaired) electrons. The number of rotatable bonds is 6. The zero-order valence-corrected chi connectivity index (χ0v) is 32.3. The molecule has 5 nitrogen and oxygen atoms in total. The van der Waals surface area contributed by atoms with Crippen molar-refractivity contribution in [2.45, 2.75) is 36.8 Å². The second kappa shape index (κ2) is 23.2. The number of benzene rings is 4. The van der Waals surface area contributed by atoms with E-state index in [0.717, 1.165) is 30.3 Å². The maximum Gasteiger partial charge on any atom is 1.00 e. The summed E-state index contributed by atoms with van der Waals surface area (Å²) in [6.45, 7) is 3.60. The van der Waals surface area contributed by atoms with Crippen LogP contribution in [0.2, 0.25) is 0 Å². The van der Waals surface area contributed by atoms with Crippen LogP contribution in [0.1, 0.15) is 33.4 Å². The standard InChI is InChI=1S/C15H14BrN.C8H7Br3.C7H9N.CH2O3.K/c16-15-8-4-7-13-10-17(11-14(13)15)9-12-5-2-1-3-6-12;9-4-6-2-1-3-8(11)7(6)5-10;8-6-7-4-2-1-3-5-7;2-1-4-3;/h1-8H,9-11H2;1-3H,4-5H2;1-5H,6,8H2;1,3H;/q;;;;+1/p-1. The van der Waals surface area contributed by atoms with Gasteiger partial charge in [-0.05, 0) is 45.5 Å². The molecule has 0 aromatic heterocycles. The van der Waals surface area contributed by atoms with Gasteiger partial charge < -0.3 is 15.9 Å². The van der Waals surface area contributed by atoms with Crippen LogP contribution in [0.3, 0.4) is 0 Å². The fourth-order valence-electron chi connectivity index (χ4n) is 3.89. The van der Waals surface area contributed by atoms with Crippen molar-refractivity contribution in [3.8, 4) is 0 Å². The van der Waals surface area contributed by atoms with Crippen LogP contribution in [0.4, 0.5) is 0 Å². The average molecular weight is 838 g/mol. The van der Waals surface area contributed by atoms with Gasteiger partial charge >= 0.3 is 51.4 Å². The Labute approximate surface area is 319 Å². The normalized spacial score (nSPS) is 11.2. The van der Waals surface area contributed by atoms with Crippen LogP contribution in [0.5, 0.6) is 0 Å². The first-order valence-electron chi connectivity index (χ1n) is 12.3. The molecule has 0 atom stereocenters.